The van der Waals surface area contributed by atoms with Crippen LogP contribution in [0.4, 0.5) is 8.78 Å². The fraction of sp³-hybridized carbons (Fsp3) is 0.833. The molecule has 0 radical (unpaired) electrons. The van der Waals surface area contributed by atoms with Gasteiger partial charge in [0.15, 0.2) is 4.77 Å². The molecule has 1 N–H and O–H groups in total. The number of hydrogen-bond donors (Lipinski definition) is 1. The van der Waals surface area contributed by atoms with Gasteiger partial charge in [-0.3, -0.25) is 5.10 Å². The van der Waals surface area contributed by atoms with Crippen molar-refractivity contribution in [2.75, 3.05) is 0 Å². The Labute approximate surface area is 111 Å². The van der Waals surface area contributed by atoms with E-state index in [1.165, 1.54) is 0 Å². The Balaban J connectivity index is 2.25. The summed E-state index contributed by atoms with van der Waals surface area (Å²) in [6, 6.07) is 0. The molecule has 0 saturated heterocycles. The van der Waals surface area contributed by atoms with Gasteiger partial charge in [0.25, 0.3) is 0 Å². The highest BCUT2D eigenvalue weighted by Gasteiger charge is 2.38. The molecule has 1 aliphatic rings. The van der Waals surface area contributed by atoms with E-state index in [-0.39, 0.29) is 18.8 Å². The maximum atomic E-state index is 13.5. The topological polar surface area (TPSA) is 33.6 Å². The van der Waals surface area contributed by atoms with Gasteiger partial charge in [0.2, 0.25) is 5.92 Å². The second-order valence-corrected chi connectivity index (χ2v) is 5.93. The van der Waals surface area contributed by atoms with Gasteiger partial charge in [0.1, 0.15) is 5.82 Å². The molecule has 0 spiro atoms. The zero-order chi connectivity index (χ0) is 13.3. The molecule has 1 aromatic heterocycles. The zero-order valence-corrected chi connectivity index (χ0v) is 11.6. The molecule has 1 saturated carbocycles. The average molecular weight is 275 g/mol. The molecule has 1 heterocycles. The Kier molecular flexibility index (Phi) is 3.84. The number of alkyl halides is 2. The van der Waals surface area contributed by atoms with Crippen LogP contribution in [0.1, 0.15) is 51.3 Å². The summed E-state index contributed by atoms with van der Waals surface area (Å²) >= 11 is 5.18. The van der Waals surface area contributed by atoms with Crippen LogP contribution < -0.4 is 0 Å². The predicted octanol–water partition coefficient (Wildman–Crippen LogP) is 3.89. The minimum atomic E-state index is -2.56. The van der Waals surface area contributed by atoms with E-state index in [4.69, 9.17) is 12.2 Å². The molecule has 0 amide bonds. The number of aromatic nitrogens is 3. The van der Waals surface area contributed by atoms with Crippen molar-refractivity contribution in [2.24, 2.45) is 5.92 Å². The molecule has 0 aromatic carbocycles. The van der Waals surface area contributed by atoms with Crippen molar-refractivity contribution in [3.63, 3.8) is 0 Å². The van der Waals surface area contributed by atoms with Crippen molar-refractivity contribution in [2.45, 2.75) is 57.9 Å². The van der Waals surface area contributed by atoms with Gasteiger partial charge < -0.3 is 4.57 Å². The number of nitrogens with one attached hydrogen (secondary N) is 1. The summed E-state index contributed by atoms with van der Waals surface area (Å²) in [6.45, 7) is 4.88. The Hall–Kier alpha value is -0.780. The lowest BCUT2D eigenvalue weighted by Gasteiger charge is -2.28. The summed E-state index contributed by atoms with van der Waals surface area (Å²) in [5.74, 6) is -1.62. The van der Waals surface area contributed by atoms with Crippen LogP contribution in [-0.4, -0.2) is 20.7 Å². The van der Waals surface area contributed by atoms with Gasteiger partial charge in [-0.2, -0.15) is 5.10 Å². The maximum absolute atomic E-state index is 13.5. The standard InChI is InChI=1S/C12H19F2N3S/c1-8(2)7-17-10(15-16-11(17)18)9-4-3-5-12(13,14)6-9/h8-9H,3-7H2,1-2H3,(H,16,18). The normalized spacial score (nSPS) is 23.5. The van der Waals surface area contributed by atoms with Gasteiger partial charge >= 0.3 is 0 Å². The van der Waals surface area contributed by atoms with Crippen molar-refractivity contribution in [1.29, 1.82) is 0 Å². The van der Waals surface area contributed by atoms with Crippen LogP contribution >= 0.6 is 12.2 Å². The van der Waals surface area contributed by atoms with Gasteiger partial charge in [0.05, 0.1) is 0 Å². The van der Waals surface area contributed by atoms with E-state index in [0.29, 0.717) is 22.9 Å². The second kappa shape index (κ2) is 5.07. The molecule has 2 rings (SSSR count). The number of H-pyrrole nitrogens is 1. The van der Waals surface area contributed by atoms with E-state index in [1.807, 2.05) is 4.57 Å². The summed E-state index contributed by atoms with van der Waals surface area (Å²) in [6.07, 6.45) is 1.22. The summed E-state index contributed by atoms with van der Waals surface area (Å²) in [4.78, 5) is 0. The van der Waals surface area contributed by atoms with Crippen LogP contribution in [0.2, 0.25) is 0 Å². The van der Waals surface area contributed by atoms with E-state index in [0.717, 1.165) is 13.0 Å². The van der Waals surface area contributed by atoms with Crippen LogP contribution in [-0.2, 0) is 6.54 Å². The Morgan fingerprint density at radius 1 is 1.56 bits per heavy atom. The first kappa shape index (κ1) is 13.6. The molecule has 1 aliphatic carbocycles. The van der Waals surface area contributed by atoms with Crippen LogP contribution in [0.5, 0.6) is 0 Å². The van der Waals surface area contributed by atoms with Gasteiger partial charge in [0, 0.05) is 25.3 Å². The molecular formula is C12H19F2N3S. The van der Waals surface area contributed by atoms with Crippen molar-refractivity contribution in [1.82, 2.24) is 14.8 Å². The smallest absolute Gasteiger partial charge is 0.248 e. The number of nitrogens with zero attached hydrogens (tertiary/aromatic N) is 2. The first-order valence-electron chi connectivity index (χ1n) is 6.42. The number of rotatable bonds is 3. The Morgan fingerprint density at radius 2 is 2.28 bits per heavy atom. The summed E-state index contributed by atoms with van der Waals surface area (Å²) in [5.41, 5.74) is 0. The monoisotopic (exact) mass is 275 g/mol. The van der Waals surface area contributed by atoms with E-state index in [1.54, 1.807) is 0 Å². The number of hydrogen-bond acceptors (Lipinski definition) is 2. The lowest BCUT2D eigenvalue weighted by atomic mass is 9.86. The van der Waals surface area contributed by atoms with Crippen LogP contribution in [0.15, 0.2) is 0 Å². The van der Waals surface area contributed by atoms with Crippen molar-refractivity contribution in [3.8, 4) is 0 Å². The minimum absolute atomic E-state index is 0.00116. The highest BCUT2D eigenvalue weighted by molar-refractivity contribution is 7.71. The zero-order valence-electron chi connectivity index (χ0n) is 10.7. The second-order valence-electron chi connectivity index (χ2n) is 5.54. The van der Waals surface area contributed by atoms with Gasteiger partial charge in [-0.15, -0.1) is 0 Å². The molecule has 18 heavy (non-hydrogen) atoms. The van der Waals surface area contributed by atoms with Crippen molar-refractivity contribution in [3.05, 3.63) is 10.6 Å². The fourth-order valence-electron chi connectivity index (χ4n) is 2.58. The maximum Gasteiger partial charge on any atom is 0.248 e. The minimum Gasteiger partial charge on any atom is -0.304 e. The molecule has 0 bridgehead atoms. The van der Waals surface area contributed by atoms with Gasteiger partial charge in [-0.25, -0.2) is 8.78 Å². The molecular weight excluding hydrogens is 256 g/mol. The first-order valence-corrected chi connectivity index (χ1v) is 6.83. The SMILES string of the molecule is CC(C)Cn1c(C2CCCC(F)(F)C2)n[nH]c1=S. The number of halogens is 2. The lowest BCUT2D eigenvalue weighted by molar-refractivity contribution is -0.0421. The fourth-order valence-corrected chi connectivity index (χ4v) is 2.79. The summed E-state index contributed by atoms with van der Waals surface area (Å²) in [7, 11) is 0. The molecule has 1 unspecified atom stereocenters. The molecule has 1 aromatic rings. The van der Waals surface area contributed by atoms with E-state index >= 15 is 0 Å². The quantitative estimate of drug-likeness (QED) is 0.849. The number of aromatic amines is 1. The highest BCUT2D eigenvalue weighted by Crippen LogP contribution is 2.41. The molecule has 3 nitrogen and oxygen atoms in total. The van der Waals surface area contributed by atoms with E-state index < -0.39 is 5.92 Å². The van der Waals surface area contributed by atoms with E-state index in [2.05, 4.69) is 24.0 Å². The van der Waals surface area contributed by atoms with Crippen molar-refractivity contribution >= 4 is 12.2 Å². The molecule has 1 atom stereocenters. The molecule has 6 heteroatoms. The summed E-state index contributed by atoms with van der Waals surface area (Å²) < 4.78 is 29.4. The third kappa shape index (κ3) is 2.96. The van der Waals surface area contributed by atoms with Crippen LogP contribution in [0.3, 0.4) is 0 Å². The third-order valence-corrected chi connectivity index (χ3v) is 3.65. The molecule has 0 aliphatic heterocycles. The van der Waals surface area contributed by atoms with Crippen LogP contribution in [0.25, 0.3) is 0 Å². The first-order chi connectivity index (χ1) is 8.39. The van der Waals surface area contributed by atoms with E-state index in [9.17, 15) is 8.78 Å². The largest absolute Gasteiger partial charge is 0.304 e. The third-order valence-electron chi connectivity index (χ3n) is 3.34. The Morgan fingerprint density at radius 3 is 2.89 bits per heavy atom. The highest BCUT2D eigenvalue weighted by atomic mass is 32.1. The molecule has 102 valence electrons. The average Bonchev–Trinajstić information content (AvgIpc) is 2.58. The summed E-state index contributed by atoms with van der Waals surface area (Å²) in [5, 5.41) is 6.91. The van der Waals surface area contributed by atoms with Crippen molar-refractivity contribution < 1.29 is 8.78 Å². The van der Waals surface area contributed by atoms with Crippen LogP contribution in [0, 0.1) is 10.7 Å². The van der Waals surface area contributed by atoms with Gasteiger partial charge in [-0.05, 0) is 31.0 Å². The molecule has 1 fully saturated rings. The predicted molar refractivity (Wildman–Crippen MR) is 68.4 cm³/mol. The van der Waals surface area contributed by atoms with Gasteiger partial charge in [-0.1, -0.05) is 13.8 Å². The lowest BCUT2D eigenvalue weighted by Crippen LogP contribution is -2.27. The Bertz CT molecular complexity index is 464.